The van der Waals surface area contributed by atoms with Crippen molar-refractivity contribution in [2.45, 2.75) is 62.0 Å². The van der Waals surface area contributed by atoms with Gasteiger partial charge in [-0.2, -0.15) is 0 Å². The Labute approximate surface area is 112 Å². The third-order valence-electron chi connectivity index (χ3n) is 2.49. The molecule has 0 bridgehead atoms. The first-order valence-corrected chi connectivity index (χ1v) is 7.39. The van der Waals surface area contributed by atoms with E-state index in [0.717, 1.165) is 0 Å². The van der Waals surface area contributed by atoms with Gasteiger partial charge in [0.2, 0.25) is 0 Å². The number of hydrogen-bond donors (Lipinski definition) is 1. The molecule has 0 aliphatic carbocycles. The Bertz CT molecular complexity index is 300. The maximum absolute atomic E-state index is 11.5. The van der Waals surface area contributed by atoms with E-state index in [9.17, 15) is 14.7 Å². The number of aliphatic carboxylic acids is 1. The molecule has 0 aliphatic heterocycles. The predicted molar refractivity (Wildman–Crippen MR) is 75.7 cm³/mol. The summed E-state index contributed by atoms with van der Waals surface area (Å²) in [5.74, 6) is -0.844. The highest BCUT2D eigenvalue weighted by molar-refractivity contribution is 8.20. The SMILES string of the molecule is CCC(SC(C)C)(SC(C)(C)C(C)=O)C(=O)O. The summed E-state index contributed by atoms with van der Waals surface area (Å²) >= 11 is 2.66. The Hall–Kier alpha value is -0.160. The zero-order valence-electron chi connectivity index (χ0n) is 11.4. The number of rotatable bonds is 7. The number of carbonyl (C=O) groups excluding carboxylic acids is 1. The minimum absolute atomic E-state index is 0.00549. The molecule has 0 amide bonds. The standard InChI is InChI=1S/C12H22O3S2/c1-7-12(10(14)15,16-8(2)3)17-11(5,6)9(4)13/h8H,7H2,1-6H3,(H,14,15). The molecule has 0 aromatic rings. The Morgan fingerprint density at radius 3 is 2.00 bits per heavy atom. The third kappa shape index (κ3) is 4.54. The second-order valence-electron chi connectivity index (χ2n) is 4.75. The van der Waals surface area contributed by atoms with Gasteiger partial charge in [0.1, 0.15) is 5.78 Å². The fourth-order valence-corrected chi connectivity index (χ4v) is 4.91. The molecule has 0 aliphatic rings. The average molecular weight is 278 g/mol. The van der Waals surface area contributed by atoms with Crippen LogP contribution in [0.2, 0.25) is 0 Å². The number of thioether (sulfide) groups is 2. The van der Waals surface area contributed by atoms with Crippen LogP contribution in [-0.4, -0.2) is 30.9 Å². The summed E-state index contributed by atoms with van der Waals surface area (Å²) in [4.78, 5) is 23.1. The molecule has 0 rings (SSSR count). The first kappa shape index (κ1) is 16.8. The first-order chi connectivity index (χ1) is 7.57. The quantitative estimate of drug-likeness (QED) is 0.723. The molecule has 0 radical (unpaired) electrons. The Morgan fingerprint density at radius 2 is 1.76 bits per heavy atom. The summed E-state index contributed by atoms with van der Waals surface area (Å²) in [6.07, 6.45) is 0.493. The van der Waals surface area contributed by atoms with Gasteiger partial charge in [0.15, 0.2) is 4.08 Å². The lowest BCUT2D eigenvalue weighted by Gasteiger charge is -2.35. The molecule has 5 heteroatoms. The van der Waals surface area contributed by atoms with Crippen molar-refractivity contribution < 1.29 is 14.7 Å². The Kier molecular flexibility index (Phi) is 6.08. The summed E-state index contributed by atoms with van der Waals surface area (Å²) in [5, 5.41) is 9.67. The van der Waals surface area contributed by atoms with Crippen molar-refractivity contribution in [3.05, 3.63) is 0 Å². The van der Waals surface area contributed by atoms with Crippen molar-refractivity contribution in [2.24, 2.45) is 0 Å². The molecule has 0 fully saturated rings. The molecule has 0 saturated heterocycles. The molecule has 100 valence electrons. The molecule has 1 N–H and O–H groups in total. The lowest BCUT2D eigenvalue weighted by Crippen LogP contribution is -2.39. The molecule has 1 atom stereocenters. The van der Waals surface area contributed by atoms with Crippen LogP contribution in [0.4, 0.5) is 0 Å². The van der Waals surface area contributed by atoms with Crippen LogP contribution in [0.15, 0.2) is 0 Å². The number of carbonyl (C=O) groups is 2. The second-order valence-corrected chi connectivity index (χ2v) is 8.80. The first-order valence-electron chi connectivity index (χ1n) is 5.70. The molecule has 0 heterocycles. The van der Waals surface area contributed by atoms with Crippen molar-refractivity contribution >= 4 is 35.3 Å². The van der Waals surface area contributed by atoms with Crippen molar-refractivity contribution in [1.82, 2.24) is 0 Å². The van der Waals surface area contributed by atoms with Gasteiger partial charge >= 0.3 is 5.97 Å². The van der Waals surface area contributed by atoms with Crippen LogP contribution in [0.3, 0.4) is 0 Å². The molecule has 0 aromatic carbocycles. The van der Waals surface area contributed by atoms with Gasteiger partial charge in [-0.25, -0.2) is 4.79 Å². The van der Waals surface area contributed by atoms with Gasteiger partial charge in [0, 0.05) is 5.25 Å². The lowest BCUT2D eigenvalue weighted by molar-refractivity contribution is -0.137. The van der Waals surface area contributed by atoms with Crippen molar-refractivity contribution in [1.29, 1.82) is 0 Å². The van der Waals surface area contributed by atoms with E-state index >= 15 is 0 Å². The number of Topliss-reactive ketones (excluding diaryl/α,β-unsaturated/α-hetero) is 1. The van der Waals surface area contributed by atoms with E-state index < -0.39 is 14.8 Å². The van der Waals surface area contributed by atoms with E-state index in [1.807, 2.05) is 20.8 Å². The van der Waals surface area contributed by atoms with Gasteiger partial charge in [0.25, 0.3) is 0 Å². The monoisotopic (exact) mass is 278 g/mol. The van der Waals surface area contributed by atoms with Crippen molar-refractivity contribution in [3.63, 3.8) is 0 Å². The zero-order valence-corrected chi connectivity index (χ0v) is 13.0. The van der Waals surface area contributed by atoms with E-state index in [-0.39, 0.29) is 11.0 Å². The molecule has 0 aromatic heterocycles. The van der Waals surface area contributed by atoms with E-state index in [1.54, 1.807) is 13.8 Å². The average Bonchev–Trinajstić information content (AvgIpc) is 2.14. The highest BCUT2D eigenvalue weighted by Crippen LogP contribution is 2.48. The Balaban J connectivity index is 5.19. The molecule has 3 nitrogen and oxygen atoms in total. The molecular weight excluding hydrogens is 256 g/mol. The maximum Gasteiger partial charge on any atom is 0.330 e. The van der Waals surface area contributed by atoms with Crippen LogP contribution in [0, 0.1) is 0 Å². The van der Waals surface area contributed by atoms with Crippen molar-refractivity contribution in [2.75, 3.05) is 0 Å². The van der Waals surface area contributed by atoms with Gasteiger partial charge < -0.3 is 5.11 Å². The Morgan fingerprint density at radius 1 is 1.29 bits per heavy atom. The van der Waals surface area contributed by atoms with Crippen LogP contribution in [0.25, 0.3) is 0 Å². The van der Waals surface area contributed by atoms with Gasteiger partial charge in [-0.1, -0.05) is 20.8 Å². The van der Waals surface area contributed by atoms with Gasteiger partial charge in [-0.05, 0) is 27.2 Å². The van der Waals surface area contributed by atoms with Crippen LogP contribution < -0.4 is 0 Å². The third-order valence-corrected chi connectivity index (χ3v) is 5.93. The summed E-state index contributed by atoms with van der Waals surface area (Å²) in [6, 6.07) is 0. The number of carboxylic acids is 1. The van der Waals surface area contributed by atoms with E-state index in [1.165, 1.54) is 30.4 Å². The normalized spacial score (nSPS) is 15.7. The lowest BCUT2D eigenvalue weighted by atomic mass is 10.1. The minimum atomic E-state index is -0.941. The molecule has 0 saturated carbocycles. The molecule has 0 spiro atoms. The van der Waals surface area contributed by atoms with Gasteiger partial charge in [-0.15, -0.1) is 23.5 Å². The summed E-state index contributed by atoms with van der Waals surface area (Å²) in [7, 11) is 0. The van der Waals surface area contributed by atoms with Crippen LogP contribution in [-0.2, 0) is 9.59 Å². The summed E-state index contributed by atoms with van der Waals surface area (Å²) in [6.45, 7) is 10.9. The van der Waals surface area contributed by atoms with E-state index in [2.05, 4.69) is 0 Å². The number of ketones is 1. The van der Waals surface area contributed by atoms with Crippen molar-refractivity contribution in [3.8, 4) is 0 Å². The smallest absolute Gasteiger partial charge is 0.330 e. The van der Waals surface area contributed by atoms with Crippen LogP contribution in [0.1, 0.15) is 48.0 Å². The van der Waals surface area contributed by atoms with Gasteiger partial charge in [-0.3, -0.25) is 4.79 Å². The maximum atomic E-state index is 11.5. The fourth-order valence-electron chi connectivity index (χ4n) is 1.29. The largest absolute Gasteiger partial charge is 0.480 e. The van der Waals surface area contributed by atoms with Crippen LogP contribution >= 0.6 is 23.5 Å². The highest BCUT2D eigenvalue weighted by Gasteiger charge is 2.45. The zero-order chi connectivity index (χ0) is 13.9. The topological polar surface area (TPSA) is 54.4 Å². The van der Waals surface area contributed by atoms with E-state index in [0.29, 0.717) is 6.42 Å². The summed E-state index contributed by atoms with van der Waals surface area (Å²) in [5.41, 5.74) is 0. The molecular formula is C12H22O3S2. The summed E-state index contributed by atoms with van der Waals surface area (Å²) < 4.78 is -1.61. The molecule has 17 heavy (non-hydrogen) atoms. The molecule has 1 unspecified atom stereocenters. The van der Waals surface area contributed by atoms with Crippen LogP contribution in [0.5, 0.6) is 0 Å². The van der Waals surface area contributed by atoms with Gasteiger partial charge in [0.05, 0.1) is 4.75 Å². The number of carboxylic acid groups (broad SMARTS) is 1. The second kappa shape index (κ2) is 6.14. The highest BCUT2D eigenvalue weighted by atomic mass is 32.2. The predicted octanol–water partition coefficient (Wildman–Crippen LogP) is 3.42. The van der Waals surface area contributed by atoms with E-state index in [4.69, 9.17) is 0 Å². The minimum Gasteiger partial charge on any atom is -0.480 e. The number of hydrogen-bond acceptors (Lipinski definition) is 4. The fraction of sp³-hybridized carbons (Fsp3) is 0.833.